The molecule has 3 aromatic rings. The van der Waals surface area contributed by atoms with Gasteiger partial charge in [-0.2, -0.15) is 0 Å². The van der Waals surface area contributed by atoms with Crippen molar-refractivity contribution < 1.29 is 33.7 Å². The molecule has 3 N–H and O–H groups in total. The van der Waals surface area contributed by atoms with Crippen molar-refractivity contribution in [2.45, 2.75) is 44.2 Å². The predicted molar refractivity (Wildman–Crippen MR) is 133 cm³/mol. The molecule has 0 bridgehead atoms. The Morgan fingerprint density at radius 1 is 1.08 bits per heavy atom. The number of nitrogens with zero attached hydrogens (tertiary/aromatic N) is 5. The fourth-order valence-electron chi connectivity index (χ4n) is 5.22. The fourth-order valence-corrected chi connectivity index (χ4v) is 5.22. The number of aromatic nitrogens is 4. The van der Waals surface area contributed by atoms with E-state index in [0.717, 1.165) is 5.56 Å². The van der Waals surface area contributed by atoms with Crippen LogP contribution >= 0.6 is 0 Å². The van der Waals surface area contributed by atoms with E-state index in [0.29, 0.717) is 30.7 Å². The second-order valence-corrected chi connectivity index (χ2v) is 9.53. The lowest BCUT2D eigenvalue weighted by atomic mass is 10.1. The van der Waals surface area contributed by atoms with Crippen molar-refractivity contribution in [1.82, 2.24) is 29.7 Å². The fraction of sp³-hybridized carbons (Fsp3) is 0.440. The number of ether oxygens (including phenoxy) is 3. The zero-order valence-corrected chi connectivity index (χ0v) is 21.0. The van der Waals surface area contributed by atoms with E-state index in [-0.39, 0.29) is 18.3 Å². The highest BCUT2D eigenvalue weighted by Gasteiger charge is 2.57. The summed E-state index contributed by atoms with van der Waals surface area (Å²) in [4.78, 5) is 51.5. The van der Waals surface area contributed by atoms with Gasteiger partial charge in [0, 0.05) is 25.2 Å². The molecular weight excluding hydrogens is 510 g/mol. The average molecular weight is 538 g/mol. The lowest BCUT2D eigenvalue weighted by Crippen LogP contribution is -2.44. The summed E-state index contributed by atoms with van der Waals surface area (Å²) < 4.78 is 20.4. The molecule has 3 amide bonds. The summed E-state index contributed by atoms with van der Waals surface area (Å²) in [6.45, 7) is 2.66. The predicted octanol–water partition coefficient (Wildman–Crippen LogP) is 1.28. The van der Waals surface area contributed by atoms with Crippen molar-refractivity contribution in [3.05, 3.63) is 48.5 Å². The minimum atomic E-state index is -1.03. The van der Waals surface area contributed by atoms with Crippen LogP contribution in [0.25, 0.3) is 11.2 Å². The van der Waals surface area contributed by atoms with Crippen molar-refractivity contribution in [2.75, 3.05) is 25.0 Å². The molecule has 3 saturated heterocycles. The van der Waals surface area contributed by atoms with Crippen LogP contribution in [-0.4, -0.2) is 85.4 Å². The molecule has 0 aliphatic carbocycles. The van der Waals surface area contributed by atoms with Gasteiger partial charge >= 0.3 is 12.0 Å². The number of benzene rings is 1. The first-order valence-corrected chi connectivity index (χ1v) is 12.7. The Morgan fingerprint density at radius 2 is 1.87 bits per heavy atom. The number of nitrogens with one attached hydrogen (secondary N) is 2. The van der Waals surface area contributed by atoms with E-state index in [4.69, 9.17) is 14.2 Å². The maximum Gasteiger partial charge on any atom is 0.320 e. The monoisotopic (exact) mass is 537 g/mol. The van der Waals surface area contributed by atoms with Gasteiger partial charge in [0.2, 0.25) is 0 Å². The number of carbonyl (C=O) groups is 3. The summed E-state index contributed by atoms with van der Waals surface area (Å²) >= 11 is 0. The van der Waals surface area contributed by atoms with Crippen molar-refractivity contribution in [1.29, 1.82) is 0 Å². The standard InChI is InChI=1S/C25H27N7O7/c1-2-26-25(36)30-19-15-20(28-11-27-19)32(12-29-15)22-18-16(38-24(39-18)13-6-4-3-5-7-13)17(37-22)21(33)31-9-8-14(10-31)23(34)35/h3-7,11-12,14,16-18,22,24H,2,8-10H2,1H3,(H,34,35)(H2,26,27,28,30,36)/t14?,16?,17?,18?,22?,24-/m0/s1. The Labute approximate surface area is 222 Å². The number of carbonyl (C=O) groups excluding carboxylic acids is 2. The molecule has 2 aromatic heterocycles. The molecule has 0 saturated carbocycles. The first-order valence-electron chi connectivity index (χ1n) is 12.7. The van der Waals surface area contributed by atoms with E-state index in [2.05, 4.69) is 25.6 Å². The van der Waals surface area contributed by atoms with Gasteiger partial charge in [-0.25, -0.2) is 19.7 Å². The third-order valence-corrected chi connectivity index (χ3v) is 7.12. The summed E-state index contributed by atoms with van der Waals surface area (Å²) in [5.74, 6) is -1.69. The van der Waals surface area contributed by atoms with Gasteiger partial charge in [-0.3, -0.25) is 19.5 Å². The molecule has 3 fully saturated rings. The van der Waals surface area contributed by atoms with E-state index in [9.17, 15) is 19.5 Å². The highest BCUT2D eigenvalue weighted by molar-refractivity contribution is 5.95. The Kier molecular flexibility index (Phi) is 6.58. The van der Waals surface area contributed by atoms with Crippen LogP contribution in [0.15, 0.2) is 43.0 Å². The zero-order valence-electron chi connectivity index (χ0n) is 21.0. The quantitative estimate of drug-likeness (QED) is 0.416. The van der Waals surface area contributed by atoms with Crippen LogP contribution in [0, 0.1) is 5.92 Å². The van der Waals surface area contributed by atoms with E-state index in [1.807, 2.05) is 30.3 Å². The number of amides is 3. The van der Waals surface area contributed by atoms with Crippen molar-refractivity contribution >= 4 is 34.9 Å². The molecule has 5 unspecified atom stereocenters. The smallest absolute Gasteiger partial charge is 0.320 e. The normalized spacial score (nSPS) is 28.0. The van der Waals surface area contributed by atoms with Crippen LogP contribution in [0.1, 0.15) is 31.4 Å². The molecule has 1 aromatic carbocycles. The molecule has 6 atom stereocenters. The number of hydrogen-bond donors (Lipinski definition) is 3. The highest BCUT2D eigenvalue weighted by atomic mass is 16.8. The molecule has 204 valence electrons. The molecule has 6 rings (SSSR count). The Morgan fingerprint density at radius 3 is 2.62 bits per heavy atom. The van der Waals surface area contributed by atoms with E-state index in [1.165, 1.54) is 17.6 Å². The van der Waals surface area contributed by atoms with Crippen molar-refractivity contribution in [2.24, 2.45) is 5.92 Å². The number of aliphatic carboxylic acids is 1. The Bertz CT molecular complexity index is 1400. The first-order chi connectivity index (χ1) is 18.9. The van der Waals surface area contributed by atoms with E-state index in [1.54, 1.807) is 11.5 Å². The maximum absolute atomic E-state index is 13.6. The van der Waals surface area contributed by atoms with Gasteiger partial charge < -0.3 is 29.5 Å². The molecule has 0 spiro atoms. The molecule has 3 aliphatic rings. The Hall–Kier alpha value is -4.14. The number of likely N-dealkylation sites (tertiary alicyclic amines) is 1. The second-order valence-electron chi connectivity index (χ2n) is 9.53. The number of carboxylic acids is 1. The number of carboxylic acid groups (broad SMARTS) is 1. The van der Waals surface area contributed by atoms with Crippen LogP contribution in [0.5, 0.6) is 0 Å². The number of anilines is 1. The maximum atomic E-state index is 13.6. The number of hydrogen-bond acceptors (Lipinski definition) is 9. The second kappa shape index (κ2) is 10.2. The van der Waals surface area contributed by atoms with Gasteiger partial charge in [0.25, 0.3) is 5.91 Å². The molecule has 0 radical (unpaired) electrons. The first kappa shape index (κ1) is 25.2. The lowest BCUT2D eigenvalue weighted by molar-refractivity contribution is -0.168. The van der Waals surface area contributed by atoms with Gasteiger partial charge in [0.05, 0.1) is 12.2 Å². The van der Waals surface area contributed by atoms with Gasteiger partial charge in [0.15, 0.2) is 35.6 Å². The molecule has 39 heavy (non-hydrogen) atoms. The van der Waals surface area contributed by atoms with Crippen LogP contribution in [-0.2, 0) is 23.8 Å². The summed E-state index contributed by atoms with van der Waals surface area (Å²) in [6.07, 6.45) is -0.898. The summed E-state index contributed by atoms with van der Waals surface area (Å²) in [5.41, 5.74) is 1.49. The Balaban J connectivity index is 1.32. The minimum absolute atomic E-state index is 0.106. The largest absolute Gasteiger partial charge is 0.481 e. The minimum Gasteiger partial charge on any atom is -0.481 e. The molecule has 5 heterocycles. The van der Waals surface area contributed by atoms with Gasteiger partial charge in [-0.15, -0.1) is 0 Å². The van der Waals surface area contributed by atoms with Crippen molar-refractivity contribution in [3.8, 4) is 0 Å². The van der Waals surface area contributed by atoms with Crippen LogP contribution in [0.4, 0.5) is 10.6 Å². The molecular formula is C25H27N7O7. The third kappa shape index (κ3) is 4.56. The molecule has 3 aliphatic heterocycles. The highest BCUT2D eigenvalue weighted by Crippen LogP contribution is 2.45. The number of rotatable bonds is 6. The summed E-state index contributed by atoms with van der Waals surface area (Å²) in [5, 5.41) is 14.7. The lowest BCUT2D eigenvalue weighted by Gasteiger charge is -2.24. The number of imidazole rings is 1. The van der Waals surface area contributed by atoms with Crippen LogP contribution in [0.3, 0.4) is 0 Å². The van der Waals surface area contributed by atoms with Crippen molar-refractivity contribution in [3.63, 3.8) is 0 Å². The number of fused-ring (bicyclic) bond motifs is 2. The van der Waals surface area contributed by atoms with Crippen LogP contribution in [0.2, 0.25) is 0 Å². The number of urea groups is 1. The SMILES string of the molecule is CCNC(=O)Nc1ncnc2c1ncn2C1OC(C(=O)N2CCC(C(=O)O)C2)C2O[C@H](c3ccccc3)OC21. The van der Waals surface area contributed by atoms with E-state index >= 15 is 0 Å². The summed E-state index contributed by atoms with van der Waals surface area (Å²) in [7, 11) is 0. The summed E-state index contributed by atoms with van der Waals surface area (Å²) in [6, 6.07) is 8.93. The third-order valence-electron chi connectivity index (χ3n) is 7.12. The molecule has 14 heteroatoms. The zero-order chi connectivity index (χ0) is 27.1. The van der Waals surface area contributed by atoms with E-state index < -0.39 is 48.7 Å². The van der Waals surface area contributed by atoms with Gasteiger partial charge in [-0.1, -0.05) is 30.3 Å². The van der Waals surface area contributed by atoms with Crippen LogP contribution < -0.4 is 10.6 Å². The van der Waals surface area contributed by atoms with Gasteiger partial charge in [-0.05, 0) is 13.3 Å². The molecule has 14 nitrogen and oxygen atoms in total. The average Bonchev–Trinajstić information content (AvgIpc) is 3.72. The van der Waals surface area contributed by atoms with Gasteiger partial charge in [0.1, 0.15) is 18.5 Å². The topological polar surface area (TPSA) is 170 Å².